The molecule has 8 nitrogen and oxygen atoms in total. The largest absolute Gasteiger partial charge is 0.328 e. The van der Waals surface area contributed by atoms with Gasteiger partial charge < -0.3 is 10.2 Å². The van der Waals surface area contributed by atoms with Crippen LogP contribution in [0, 0.1) is 0 Å². The van der Waals surface area contributed by atoms with Crippen LogP contribution in [0.4, 0.5) is 4.79 Å². The number of likely N-dealkylation sites (tertiary alicyclic amines) is 1. The molecule has 0 aromatic heterocycles. The van der Waals surface area contributed by atoms with Gasteiger partial charge in [-0.25, -0.2) is 4.79 Å². The number of hydrogen-bond acceptors (Lipinski definition) is 6. The molecule has 1 aliphatic carbocycles. The van der Waals surface area contributed by atoms with E-state index in [0.717, 1.165) is 4.90 Å². The molecule has 2 fully saturated rings. The molecule has 0 bridgehead atoms. The Morgan fingerprint density at radius 3 is 2.42 bits per heavy atom. The predicted octanol–water partition coefficient (Wildman–Crippen LogP) is -0.779. The summed E-state index contributed by atoms with van der Waals surface area (Å²) in [5, 5.41) is 7.07. The average molecular weight is 348 g/mol. The lowest BCUT2D eigenvalue weighted by molar-refractivity contribution is -0.146. The molecule has 0 aromatic rings. The molecule has 24 heavy (non-hydrogen) atoms. The van der Waals surface area contributed by atoms with Gasteiger partial charge in [0.15, 0.2) is 0 Å². The Morgan fingerprint density at radius 2 is 1.83 bits per heavy atom. The summed E-state index contributed by atoms with van der Waals surface area (Å²) in [6.45, 7) is 1.96. The molecule has 9 heteroatoms. The third-order valence-electron chi connectivity index (χ3n) is 4.35. The van der Waals surface area contributed by atoms with E-state index in [-0.39, 0.29) is 6.54 Å². The van der Waals surface area contributed by atoms with Crippen LogP contribution in [0.2, 0.25) is 0 Å². The third-order valence-corrected chi connectivity index (χ3v) is 4.99. The minimum Gasteiger partial charge on any atom is -0.308 e. The van der Waals surface area contributed by atoms with Crippen LogP contribution in [0.1, 0.15) is 6.92 Å². The second kappa shape index (κ2) is 5.32. The highest BCUT2D eigenvalue weighted by molar-refractivity contribution is 7.83. The first kappa shape index (κ1) is 16.5. The van der Waals surface area contributed by atoms with Crippen LogP contribution in [0.15, 0.2) is 35.5 Å². The molecular weight excluding hydrogens is 332 g/mol. The standard InChI is InChI=1S/C15H16N4O4S/c1-14(16-2)5-3-4-9-8(6-14)7-19(10(9)20)15(24)11(21)17-13(23)18-12(15)22/h3-6,16,24H,7H2,1-2H3,(H2,17,18,21,22,23). The average Bonchev–Trinajstić information content (AvgIpc) is 2.72. The molecular formula is C15H16N4O4S. The lowest BCUT2D eigenvalue weighted by Gasteiger charge is -2.36. The first-order chi connectivity index (χ1) is 11.2. The van der Waals surface area contributed by atoms with Crippen molar-refractivity contribution in [1.82, 2.24) is 20.9 Å². The molecule has 2 aliphatic heterocycles. The number of carbonyl (C=O) groups excluding carboxylic acids is 4. The number of hydrogen-bond donors (Lipinski definition) is 4. The number of allylic oxidation sites excluding steroid dienone is 2. The van der Waals surface area contributed by atoms with E-state index in [9.17, 15) is 19.2 Å². The van der Waals surface area contributed by atoms with Crippen LogP contribution in [0.5, 0.6) is 0 Å². The molecule has 0 radical (unpaired) electrons. The fourth-order valence-corrected chi connectivity index (χ4v) is 3.12. The molecule has 1 atom stereocenters. The number of amides is 5. The van der Waals surface area contributed by atoms with Gasteiger partial charge in [-0.3, -0.25) is 25.0 Å². The monoisotopic (exact) mass is 348 g/mol. The van der Waals surface area contributed by atoms with E-state index < -0.39 is 34.2 Å². The molecule has 0 saturated carbocycles. The molecule has 3 aliphatic rings. The highest BCUT2D eigenvalue weighted by Gasteiger charge is 2.56. The molecule has 2 saturated heterocycles. The first-order valence-corrected chi connectivity index (χ1v) is 7.68. The Kier molecular flexibility index (Phi) is 3.65. The Labute approximate surface area is 143 Å². The van der Waals surface area contributed by atoms with Gasteiger partial charge in [0.1, 0.15) is 0 Å². The first-order valence-electron chi connectivity index (χ1n) is 7.23. The molecule has 5 amide bonds. The summed E-state index contributed by atoms with van der Waals surface area (Å²) in [4.78, 5) is 47.4. The normalized spacial score (nSPS) is 28.7. The lowest BCUT2D eigenvalue weighted by atomic mass is 9.98. The van der Waals surface area contributed by atoms with E-state index in [1.54, 1.807) is 19.2 Å². The van der Waals surface area contributed by atoms with Crippen LogP contribution in [-0.4, -0.2) is 52.7 Å². The molecule has 0 aromatic carbocycles. The topological polar surface area (TPSA) is 108 Å². The van der Waals surface area contributed by atoms with Crippen LogP contribution >= 0.6 is 12.6 Å². The maximum Gasteiger partial charge on any atom is 0.328 e. The van der Waals surface area contributed by atoms with E-state index in [0.29, 0.717) is 11.1 Å². The Hall–Kier alpha value is -2.39. The number of thiol groups is 1. The van der Waals surface area contributed by atoms with E-state index >= 15 is 0 Å². The van der Waals surface area contributed by atoms with Gasteiger partial charge >= 0.3 is 6.03 Å². The lowest BCUT2D eigenvalue weighted by Crippen LogP contribution is -2.70. The predicted molar refractivity (Wildman–Crippen MR) is 87.9 cm³/mol. The minimum atomic E-state index is -2.08. The van der Waals surface area contributed by atoms with Gasteiger partial charge in [0.2, 0.25) is 4.87 Å². The van der Waals surface area contributed by atoms with Gasteiger partial charge in [-0.15, -0.1) is 12.6 Å². The van der Waals surface area contributed by atoms with Crippen molar-refractivity contribution in [1.29, 1.82) is 0 Å². The van der Waals surface area contributed by atoms with Crippen LogP contribution in [0.25, 0.3) is 0 Å². The van der Waals surface area contributed by atoms with Gasteiger partial charge in [0.05, 0.1) is 5.54 Å². The summed E-state index contributed by atoms with van der Waals surface area (Å²) < 4.78 is 0. The van der Waals surface area contributed by atoms with Gasteiger partial charge in [-0.1, -0.05) is 18.2 Å². The van der Waals surface area contributed by atoms with Crippen molar-refractivity contribution in [3.63, 3.8) is 0 Å². The highest BCUT2D eigenvalue weighted by atomic mass is 32.1. The van der Waals surface area contributed by atoms with E-state index in [4.69, 9.17) is 0 Å². The number of nitrogens with one attached hydrogen (secondary N) is 3. The zero-order chi connectivity index (χ0) is 17.7. The van der Waals surface area contributed by atoms with Gasteiger partial charge in [-0.05, 0) is 25.6 Å². The van der Waals surface area contributed by atoms with Crippen molar-refractivity contribution >= 4 is 36.4 Å². The summed E-state index contributed by atoms with van der Waals surface area (Å²) >= 11 is 4.15. The van der Waals surface area contributed by atoms with E-state index in [1.165, 1.54) is 0 Å². The fourth-order valence-electron chi connectivity index (χ4n) is 2.84. The smallest absolute Gasteiger partial charge is 0.308 e. The Balaban J connectivity index is 2.02. The second-order valence-electron chi connectivity index (χ2n) is 5.94. The molecule has 0 spiro atoms. The number of rotatable bonds is 2. The van der Waals surface area contributed by atoms with Gasteiger partial charge in [0.25, 0.3) is 17.7 Å². The van der Waals surface area contributed by atoms with Crippen LogP contribution < -0.4 is 16.0 Å². The molecule has 3 N–H and O–H groups in total. The molecule has 2 heterocycles. The number of barbiturate groups is 1. The van der Waals surface area contributed by atoms with Gasteiger partial charge in [0, 0.05) is 12.1 Å². The van der Waals surface area contributed by atoms with Crippen molar-refractivity contribution in [3.05, 3.63) is 35.5 Å². The van der Waals surface area contributed by atoms with Crippen molar-refractivity contribution in [2.45, 2.75) is 17.3 Å². The Morgan fingerprint density at radius 1 is 1.21 bits per heavy atom. The maximum absolute atomic E-state index is 12.7. The molecule has 3 rings (SSSR count). The summed E-state index contributed by atoms with van der Waals surface area (Å²) in [6.07, 6.45) is 7.14. The number of carbonyl (C=O) groups is 4. The van der Waals surface area contributed by atoms with Crippen LogP contribution in [-0.2, 0) is 14.4 Å². The molecule has 126 valence electrons. The Bertz CT molecular complexity index is 749. The summed E-state index contributed by atoms with van der Waals surface area (Å²) in [5.41, 5.74) is 0.588. The maximum atomic E-state index is 12.7. The number of urea groups is 1. The molecule has 1 unspecified atom stereocenters. The van der Waals surface area contributed by atoms with E-state index in [2.05, 4.69) is 17.9 Å². The van der Waals surface area contributed by atoms with Gasteiger partial charge in [-0.2, -0.15) is 0 Å². The summed E-state index contributed by atoms with van der Waals surface area (Å²) in [7, 11) is 1.79. The summed E-state index contributed by atoms with van der Waals surface area (Å²) in [6, 6.07) is -0.931. The second-order valence-corrected chi connectivity index (χ2v) is 6.59. The number of nitrogens with zero attached hydrogens (tertiary/aromatic N) is 1. The highest BCUT2D eigenvalue weighted by Crippen LogP contribution is 2.35. The van der Waals surface area contributed by atoms with E-state index in [1.807, 2.05) is 29.7 Å². The van der Waals surface area contributed by atoms with Crippen LogP contribution in [0.3, 0.4) is 0 Å². The fraction of sp³-hybridized carbons (Fsp3) is 0.333. The van der Waals surface area contributed by atoms with Crippen molar-refractivity contribution in [2.75, 3.05) is 13.6 Å². The summed E-state index contributed by atoms with van der Waals surface area (Å²) in [5.74, 6) is -2.39. The number of fused-ring (bicyclic) bond motifs is 1. The van der Waals surface area contributed by atoms with Crippen molar-refractivity contribution in [2.24, 2.45) is 0 Å². The van der Waals surface area contributed by atoms with Crippen molar-refractivity contribution < 1.29 is 19.2 Å². The minimum absolute atomic E-state index is 0.0299. The zero-order valence-corrected chi connectivity index (χ0v) is 13.9. The SMILES string of the molecule is CNC1(C)C=CC=C2C(=O)N(C3(S)C(=O)NC(=O)NC3=O)CC2=C1. The third kappa shape index (κ3) is 2.28. The van der Waals surface area contributed by atoms with Crippen molar-refractivity contribution in [3.8, 4) is 0 Å². The number of likely N-dealkylation sites (N-methyl/N-ethyl adjacent to an activating group) is 1. The number of imide groups is 2. The quantitative estimate of drug-likeness (QED) is 0.387. The zero-order valence-electron chi connectivity index (χ0n) is 13.0.